The lowest BCUT2D eigenvalue weighted by molar-refractivity contribution is -0.0420. The fourth-order valence-corrected chi connectivity index (χ4v) is 2.25. The minimum atomic E-state index is 0.433. The van der Waals surface area contributed by atoms with Gasteiger partial charge in [-0.2, -0.15) is 0 Å². The van der Waals surface area contributed by atoms with Gasteiger partial charge in [-0.15, -0.1) is 0 Å². The molecule has 0 radical (unpaired) electrons. The smallest absolute Gasteiger partial charge is 0.0565 e. The molecular weight excluding hydrogens is 174 g/mol. The second-order valence-electron chi connectivity index (χ2n) is 4.59. The van der Waals surface area contributed by atoms with Gasteiger partial charge in [-0.05, 0) is 39.7 Å². The molecule has 1 rings (SSSR count). The molecule has 2 nitrogen and oxygen atoms in total. The van der Waals surface area contributed by atoms with Crippen LogP contribution >= 0.6 is 0 Å². The summed E-state index contributed by atoms with van der Waals surface area (Å²) in [5, 5.41) is 3.64. The summed E-state index contributed by atoms with van der Waals surface area (Å²) in [5.74, 6) is 0. The lowest BCUT2D eigenvalue weighted by Crippen LogP contribution is -2.41. The Morgan fingerprint density at radius 1 is 1.14 bits per heavy atom. The van der Waals surface area contributed by atoms with Crippen molar-refractivity contribution < 1.29 is 4.74 Å². The molecule has 1 N–H and O–H groups in total. The number of nitrogens with one attached hydrogen (secondary N) is 1. The summed E-state index contributed by atoms with van der Waals surface area (Å²) in [6.07, 6.45) is 7.19. The maximum Gasteiger partial charge on any atom is 0.0565 e. The van der Waals surface area contributed by atoms with Gasteiger partial charge in [0.1, 0.15) is 0 Å². The zero-order valence-corrected chi connectivity index (χ0v) is 9.88. The van der Waals surface area contributed by atoms with Crippen molar-refractivity contribution in [2.75, 3.05) is 6.54 Å². The van der Waals surface area contributed by atoms with E-state index in [1.165, 1.54) is 38.6 Å². The molecule has 1 heterocycles. The van der Waals surface area contributed by atoms with E-state index < -0.39 is 0 Å². The van der Waals surface area contributed by atoms with Gasteiger partial charge in [0.25, 0.3) is 0 Å². The quantitative estimate of drug-likeness (QED) is 0.687. The standard InChI is InChI=1S/C12H25NO/c1-4-5-6-7-13-12-8-10(2)14-11(3)9-12/h10-13H,4-9H2,1-3H3. The Morgan fingerprint density at radius 3 is 2.36 bits per heavy atom. The molecular formula is C12H25NO. The fraction of sp³-hybridized carbons (Fsp3) is 1.00. The predicted octanol–water partition coefficient (Wildman–Crippen LogP) is 2.72. The minimum absolute atomic E-state index is 0.433. The van der Waals surface area contributed by atoms with Crippen LogP contribution in [0.5, 0.6) is 0 Å². The normalized spacial score (nSPS) is 33.2. The Bertz CT molecular complexity index is 139. The van der Waals surface area contributed by atoms with Crippen LogP contribution in [0.25, 0.3) is 0 Å². The Hall–Kier alpha value is -0.0800. The first-order valence-electron chi connectivity index (χ1n) is 6.11. The number of rotatable bonds is 5. The first-order valence-corrected chi connectivity index (χ1v) is 6.11. The largest absolute Gasteiger partial charge is 0.375 e. The molecule has 1 aliphatic heterocycles. The monoisotopic (exact) mass is 199 g/mol. The highest BCUT2D eigenvalue weighted by molar-refractivity contribution is 4.78. The van der Waals surface area contributed by atoms with Crippen molar-refractivity contribution in [2.24, 2.45) is 0 Å². The van der Waals surface area contributed by atoms with Gasteiger partial charge in [0.15, 0.2) is 0 Å². The first-order chi connectivity index (χ1) is 6.72. The first kappa shape index (κ1) is 12.0. The van der Waals surface area contributed by atoms with Crippen LogP contribution in [-0.4, -0.2) is 24.8 Å². The van der Waals surface area contributed by atoms with Crippen LogP contribution in [0.4, 0.5) is 0 Å². The van der Waals surface area contributed by atoms with Gasteiger partial charge in [-0.25, -0.2) is 0 Å². The van der Waals surface area contributed by atoms with Crippen molar-refractivity contribution in [3.8, 4) is 0 Å². The highest BCUT2D eigenvalue weighted by Gasteiger charge is 2.23. The number of unbranched alkanes of at least 4 members (excludes halogenated alkanes) is 2. The Morgan fingerprint density at radius 2 is 1.79 bits per heavy atom. The van der Waals surface area contributed by atoms with Gasteiger partial charge < -0.3 is 10.1 Å². The lowest BCUT2D eigenvalue weighted by atomic mass is 10.00. The number of ether oxygens (including phenoxy) is 1. The third-order valence-corrected chi connectivity index (χ3v) is 2.91. The molecule has 0 aromatic heterocycles. The van der Waals surface area contributed by atoms with E-state index in [4.69, 9.17) is 4.74 Å². The second-order valence-corrected chi connectivity index (χ2v) is 4.59. The Kier molecular flexibility index (Phi) is 5.49. The van der Waals surface area contributed by atoms with Gasteiger partial charge >= 0.3 is 0 Å². The maximum atomic E-state index is 5.70. The molecule has 0 aromatic rings. The molecule has 1 saturated heterocycles. The maximum absolute atomic E-state index is 5.70. The van der Waals surface area contributed by atoms with Crippen LogP contribution in [0.1, 0.15) is 52.9 Å². The summed E-state index contributed by atoms with van der Waals surface area (Å²) >= 11 is 0. The summed E-state index contributed by atoms with van der Waals surface area (Å²) in [5.41, 5.74) is 0. The molecule has 0 saturated carbocycles. The molecule has 0 aliphatic carbocycles. The van der Waals surface area contributed by atoms with Crippen LogP contribution in [-0.2, 0) is 4.74 Å². The van der Waals surface area contributed by atoms with E-state index >= 15 is 0 Å². The van der Waals surface area contributed by atoms with E-state index in [1.807, 2.05) is 0 Å². The van der Waals surface area contributed by atoms with Crippen LogP contribution in [0.3, 0.4) is 0 Å². The summed E-state index contributed by atoms with van der Waals surface area (Å²) < 4.78 is 5.70. The van der Waals surface area contributed by atoms with Crippen molar-refractivity contribution in [1.82, 2.24) is 5.32 Å². The third-order valence-electron chi connectivity index (χ3n) is 2.91. The summed E-state index contributed by atoms with van der Waals surface area (Å²) in [7, 11) is 0. The molecule has 1 aliphatic rings. The zero-order valence-electron chi connectivity index (χ0n) is 9.88. The van der Waals surface area contributed by atoms with Gasteiger partial charge in [-0.1, -0.05) is 19.8 Å². The summed E-state index contributed by atoms with van der Waals surface area (Å²) in [6.45, 7) is 7.78. The van der Waals surface area contributed by atoms with E-state index in [0.717, 1.165) is 0 Å². The second kappa shape index (κ2) is 6.41. The highest BCUT2D eigenvalue weighted by atomic mass is 16.5. The summed E-state index contributed by atoms with van der Waals surface area (Å²) in [6, 6.07) is 0.686. The van der Waals surface area contributed by atoms with Gasteiger partial charge in [0.05, 0.1) is 12.2 Å². The van der Waals surface area contributed by atoms with Crippen LogP contribution in [0.15, 0.2) is 0 Å². The molecule has 2 unspecified atom stereocenters. The molecule has 14 heavy (non-hydrogen) atoms. The fourth-order valence-electron chi connectivity index (χ4n) is 2.25. The topological polar surface area (TPSA) is 21.3 Å². The van der Waals surface area contributed by atoms with Crippen molar-refractivity contribution >= 4 is 0 Å². The summed E-state index contributed by atoms with van der Waals surface area (Å²) in [4.78, 5) is 0. The van der Waals surface area contributed by atoms with Crippen LogP contribution in [0.2, 0.25) is 0 Å². The Labute approximate surface area is 88.4 Å². The van der Waals surface area contributed by atoms with E-state index in [-0.39, 0.29) is 0 Å². The SMILES string of the molecule is CCCCCNC1CC(C)OC(C)C1. The Balaban J connectivity index is 2.10. The van der Waals surface area contributed by atoms with Gasteiger partial charge in [0.2, 0.25) is 0 Å². The van der Waals surface area contributed by atoms with E-state index in [2.05, 4.69) is 26.1 Å². The molecule has 0 aromatic carbocycles. The number of hydrogen-bond acceptors (Lipinski definition) is 2. The third kappa shape index (κ3) is 4.43. The van der Waals surface area contributed by atoms with E-state index in [9.17, 15) is 0 Å². The molecule has 0 spiro atoms. The molecule has 0 bridgehead atoms. The van der Waals surface area contributed by atoms with E-state index in [0.29, 0.717) is 18.2 Å². The molecule has 1 fully saturated rings. The van der Waals surface area contributed by atoms with E-state index in [1.54, 1.807) is 0 Å². The molecule has 84 valence electrons. The van der Waals surface area contributed by atoms with Gasteiger partial charge in [0, 0.05) is 6.04 Å². The molecule has 0 amide bonds. The van der Waals surface area contributed by atoms with Crippen molar-refractivity contribution in [2.45, 2.75) is 71.1 Å². The van der Waals surface area contributed by atoms with Crippen LogP contribution < -0.4 is 5.32 Å². The van der Waals surface area contributed by atoms with Crippen molar-refractivity contribution in [1.29, 1.82) is 0 Å². The zero-order chi connectivity index (χ0) is 10.4. The average Bonchev–Trinajstić information content (AvgIpc) is 2.11. The van der Waals surface area contributed by atoms with Crippen LogP contribution in [0, 0.1) is 0 Å². The molecule has 2 atom stereocenters. The molecule has 2 heteroatoms. The highest BCUT2D eigenvalue weighted by Crippen LogP contribution is 2.18. The number of hydrogen-bond donors (Lipinski definition) is 1. The van der Waals surface area contributed by atoms with Crippen molar-refractivity contribution in [3.05, 3.63) is 0 Å². The predicted molar refractivity (Wildman–Crippen MR) is 60.6 cm³/mol. The van der Waals surface area contributed by atoms with Crippen molar-refractivity contribution in [3.63, 3.8) is 0 Å². The van der Waals surface area contributed by atoms with Gasteiger partial charge in [-0.3, -0.25) is 0 Å². The average molecular weight is 199 g/mol. The lowest BCUT2D eigenvalue weighted by Gasteiger charge is -2.32. The minimum Gasteiger partial charge on any atom is -0.375 e.